The van der Waals surface area contributed by atoms with Crippen LogP contribution in [0, 0.1) is 10.8 Å². The maximum Gasteiger partial charge on any atom is -0.0171 e. The fraction of sp³-hybridized carbons (Fsp3) is 0.333. The standard InChI is InChI=1S/C24H28/c1-23(2,3)15-21-13-19-11-17-9-7-8-10-18(17)12-20(19)14-22(21)16-24(4,5)6/h7-16H,1-6H3/b21-15-,22-16?. The first-order valence-corrected chi connectivity index (χ1v) is 8.79. The smallest absolute Gasteiger partial charge is 0.0171 e. The van der Waals surface area contributed by atoms with Gasteiger partial charge in [0.1, 0.15) is 0 Å². The largest absolute Gasteiger partial charge is 0.0713 e. The van der Waals surface area contributed by atoms with E-state index in [4.69, 9.17) is 0 Å². The molecule has 0 heteroatoms. The lowest BCUT2D eigenvalue weighted by atomic mass is 9.90. The minimum atomic E-state index is 0.158. The van der Waals surface area contributed by atoms with E-state index in [1.165, 1.54) is 32.0 Å². The van der Waals surface area contributed by atoms with Crippen LogP contribution in [0.15, 0.2) is 48.5 Å². The van der Waals surface area contributed by atoms with Crippen LogP contribution in [0.5, 0.6) is 0 Å². The molecule has 0 heterocycles. The van der Waals surface area contributed by atoms with Gasteiger partial charge in [-0.25, -0.2) is 0 Å². The van der Waals surface area contributed by atoms with Crippen molar-refractivity contribution in [2.45, 2.75) is 41.5 Å². The van der Waals surface area contributed by atoms with Gasteiger partial charge in [-0.1, -0.05) is 78.0 Å². The summed E-state index contributed by atoms with van der Waals surface area (Å²) in [7, 11) is 0. The first-order chi connectivity index (χ1) is 11.1. The molecule has 0 amide bonds. The Bertz CT molecular complexity index is 922. The van der Waals surface area contributed by atoms with Crippen molar-refractivity contribution in [3.63, 3.8) is 0 Å². The van der Waals surface area contributed by atoms with Crippen molar-refractivity contribution in [3.8, 4) is 0 Å². The van der Waals surface area contributed by atoms with Crippen molar-refractivity contribution in [1.82, 2.24) is 0 Å². The Balaban J connectivity index is 2.43. The second kappa shape index (κ2) is 5.77. The summed E-state index contributed by atoms with van der Waals surface area (Å²) in [6.45, 7) is 13.6. The van der Waals surface area contributed by atoms with Gasteiger partial charge in [0.15, 0.2) is 0 Å². The lowest BCUT2D eigenvalue weighted by Crippen LogP contribution is -2.28. The van der Waals surface area contributed by atoms with Gasteiger partial charge in [-0.15, -0.1) is 0 Å². The van der Waals surface area contributed by atoms with Gasteiger partial charge in [0.2, 0.25) is 0 Å². The highest BCUT2D eigenvalue weighted by molar-refractivity contribution is 5.98. The van der Waals surface area contributed by atoms with Gasteiger partial charge in [0.05, 0.1) is 0 Å². The molecule has 0 atom stereocenters. The lowest BCUT2D eigenvalue weighted by Gasteiger charge is -2.15. The van der Waals surface area contributed by atoms with Crippen LogP contribution in [0.1, 0.15) is 41.5 Å². The molecule has 0 aliphatic heterocycles. The first-order valence-electron chi connectivity index (χ1n) is 8.79. The van der Waals surface area contributed by atoms with Crippen molar-refractivity contribution in [2.75, 3.05) is 0 Å². The van der Waals surface area contributed by atoms with Crippen molar-refractivity contribution in [1.29, 1.82) is 0 Å². The molecule has 24 heavy (non-hydrogen) atoms. The van der Waals surface area contributed by atoms with Crippen molar-refractivity contribution >= 4 is 33.7 Å². The second-order valence-corrected chi connectivity index (χ2v) is 9.05. The fourth-order valence-electron chi connectivity index (χ4n) is 3.21. The van der Waals surface area contributed by atoms with E-state index in [9.17, 15) is 0 Å². The third-order valence-corrected chi connectivity index (χ3v) is 4.08. The maximum atomic E-state index is 2.39. The van der Waals surface area contributed by atoms with Gasteiger partial charge >= 0.3 is 0 Å². The van der Waals surface area contributed by atoms with Crippen LogP contribution in [0.3, 0.4) is 0 Å². The zero-order valence-electron chi connectivity index (χ0n) is 15.8. The van der Waals surface area contributed by atoms with Crippen LogP contribution < -0.4 is 10.4 Å². The van der Waals surface area contributed by atoms with E-state index in [0.29, 0.717) is 0 Å². The second-order valence-electron chi connectivity index (χ2n) is 9.05. The Morgan fingerprint density at radius 3 is 1.25 bits per heavy atom. The summed E-state index contributed by atoms with van der Waals surface area (Å²) >= 11 is 0. The summed E-state index contributed by atoms with van der Waals surface area (Å²) in [4.78, 5) is 0. The minimum Gasteiger partial charge on any atom is -0.0713 e. The molecule has 3 aromatic rings. The summed E-state index contributed by atoms with van der Waals surface area (Å²) in [5.74, 6) is 0. The van der Waals surface area contributed by atoms with Gasteiger partial charge < -0.3 is 0 Å². The van der Waals surface area contributed by atoms with Gasteiger partial charge in [0.25, 0.3) is 0 Å². The van der Waals surface area contributed by atoms with E-state index in [1.807, 2.05) is 0 Å². The van der Waals surface area contributed by atoms with Gasteiger partial charge in [-0.2, -0.15) is 0 Å². The highest BCUT2D eigenvalue weighted by atomic mass is 14.1. The Morgan fingerprint density at radius 2 is 0.917 bits per heavy atom. The molecule has 0 radical (unpaired) electrons. The van der Waals surface area contributed by atoms with Crippen LogP contribution in [0.25, 0.3) is 33.7 Å². The fourth-order valence-corrected chi connectivity index (χ4v) is 3.21. The van der Waals surface area contributed by atoms with Crippen molar-refractivity contribution in [3.05, 3.63) is 59.0 Å². The van der Waals surface area contributed by atoms with E-state index < -0.39 is 0 Å². The van der Waals surface area contributed by atoms with Crippen LogP contribution in [0.2, 0.25) is 0 Å². The number of fused-ring (bicyclic) bond motifs is 2. The molecule has 0 unspecified atom stereocenters. The van der Waals surface area contributed by atoms with Crippen LogP contribution >= 0.6 is 0 Å². The molecular formula is C24H28. The summed E-state index contributed by atoms with van der Waals surface area (Å²) in [6.07, 6.45) is 4.78. The molecule has 0 saturated heterocycles. The molecule has 0 aliphatic rings. The third-order valence-electron chi connectivity index (χ3n) is 4.08. The van der Waals surface area contributed by atoms with Crippen molar-refractivity contribution < 1.29 is 0 Å². The molecule has 3 rings (SSSR count). The van der Waals surface area contributed by atoms with Crippen LogP contribution in [-0.2, 0) is 0 Å². The number of hydrogen-bond donors (Lipinski definition) is 0. The van der Waals surface area contributed by atoms with Crippen LogP contribution in [0.4, 0.5) is 0 Å². The molecule has 0 aromatic heterocycles. The van der Waals surface area contributed by atoms with Crippen LogP contribution in [-0.4, -0.2) is 0 Å². The summed E-state index contributed by atoms with van der Waals surface area (Å²) in [5.41, 5.74) is 0.315. The van der Waals surface area contributed by atoms with Gasteiger partial charge in [0, 0.05) is 0 Å². The quantitative estimate of drug-likeness (QED) is 0.470. The molecule has 0 aliphatic carbocycles. The minimum absolute atomic E-state index is 0.158. The average molecular weight is 316 g/mol. The monoisotopic (exact) mass is 316 g/mol. The topological polar surface area (TPSA) is 0 Å². The number of hydrogen-bond acceptors (Lipinski definition) is 0. The van der Waals surface area contributed by atoms with E-state index in [1.54, 1.807) is 0 Å². The average Bonchev–Trinajstić information content (AvgIpc) is 2.43. The zero-order chi connectivity index (χ0) is 17.5. The van der Waals surface area contributed by atoms with E-state index >= 15 is 0 Å². The molecule has 124 valence electrons. The number of benzene rings is 3. The zero-order valence-corrected chi connectivity index (χ0v) is 15.8. The van der Waals surface area contributed by atoms with E-state index in [0.717, 1.165) is 0 Å². The summed E-state index contributed by atoms with van der Waals surface area (Å²) in [6, 6.07) is 17.9. The molecule has 0 nitrogen and oxygen atoms in total. The predicted molar refractivity (Wildman–Crippen MR) is 109 cm³/mol. The Hall–Kier alpha value is -2.08. The van der Waals surface area contributed by atoms with Crippen molar-refractivity contribution in [2.24, 2.45) is 10.8 Å². The molecule has 3 aromatic carbocycles. The maximum absolute atomic E-state index is 2.39. The number of rotatable bonds is 0. The SMILES string of the molecule is CC(C)(C)C=c1cc2cc3ccccc3cc2c/c1=C/C(C)(C)C. The molecule has 0 N–H and O–H groups in total. The summed E-state index contributed by atoms with van der Waals surface area (Å²) in [5, 5.41) is 7.91. The van der Waals surface area contributed by atoms with Gasteiger partial charge in [-0.3, -0.25) is 0 Å². The lowest BCUT2D eigenvalue weighted by molar-refractivity contribution is 0.580. The highest BCUT2D eigenvalue weighted by Crippen LogP contribution is 2.22. The third kappa shape index (κ3) is 3.87. The molecule has 0 fully saturated rings. The molecule has 0 saturated carbocycles. The Kier molecular flexibility index (Phi) is 4.03. The Labute approximate surface area is 145 Å². The molecular weight excluding hydrogens is 288 g/mol. The highest BCUT2D eigenvalue weighted by Gasteiger charge is 2.09. The molecule has 0 spiro atoms. The first kappa shape index (κ1) is 16.8. The van der Waals surface area contributed by atoms with Gasteiger partial charge in [-0.05, 0) is 67.1 Å². The normalized spacial score (nSPS) is 14.8. The predicted octanol–water partition coefficient (Wildman–Crippen LogP) is 5.65. The van der Waals surface area contributed by atoms with E-state index in [2.05, 4.69) is 102 Å². The molecule has 0 bridgehead atoms. The Morgan fingerprint density at radius 1 is 0.542 bits per heavy atom. The van der Waals surface area contributed by atoms with E-state index in [-0.39, 0.29) is 10.8 Å². The summed E-state index contributed by atoms with van der Waals surface area (Å²) < 4.78 is 0.